The summed E-state index contributed by atoms with van der Waals surface area (Å²) in [6.45, 7) is 10.6. The molecule has 150 valence electrons. The summed E-state index contributed by atoms with van der Waals surface area (Å²) in [6, 6.07) is 7.81. The quantitative estimate of drug-likeness (QED) is 0.340. The Morgan fingerprint density at radius 1 is 0.929 bits per heavy atom. The number of nitrogens with zero attached hydrogens (tertiary/aromatic N) is 1. The molecule has 0 spiro atoms. The van der Waals surface area contributed by atoms with Crippen molar-refractivity contribution in [2.24, 2.45) is 5.16 Å². The molecule has 1 aliphatic rings. The van der Waals surface area contributed by atoms with Crippen LogP contribution in [0.2, 0.25) is 0 Å². The molecule has 0 unspecified atom stereocenters. The van der Waals surface area contributed by atoms with E-state index >= 15 is 0 Å². The molecular weight excluding hydrogens is 363 g/mol. The van der Waals surface area contributed by atoms with Crippen LogP contribution in [-0.4, -0.2) is 11.4 Å². The maximum Gasteiger partial charge on any atom is 0.417 e. The number of hydrogen-bond acceptors (Lipinski definition) is 2. The Bertz CT molecular complexity index is 940. The highest BCUT2D eigenvalue weighted by Crippen LogP contribution is 2.48. The van der Waals surface area contributed by atoms with Crippen LogP contribution in [0.25, 0.3) is 11.1 Å². The number of rotatable bonds is 2. The first-order valence-corrected chi connectivity index (χ1v) is 9.41. The predicted molar refractivity (Wildman–Crippen MR) is 106 cm³/mol. The third kappa shape index (κ3) is 3.54. The van der Waals surface area contributed by atoms with Crippen molar-refractivity contribution in [3.8, 4) is 11.1 Å². The van der Waals surface area contributed by atoms with E-state index in [0.717, 1.165) is 36.2 Å². The first-order valence-electron chi connectivity index (χ1n) is 9.41. The molecule has 1 N–H and O–H groups in total. The number of benzene rings is 2. The fraction of sp³-hybridized carbons (Fsp3) is 0.435. The lowest BCUT2D eigenvalue weighted by Crippen LogP contribution is -2.34. The molecule has 28 heavy (non-hydrogen) atoms. The Morgan fingerprint density at radius 3 is 2.04 bits per heavy atom. The second-order valence-electron chi connectivity index (χ2n) is 9.03. The number of oxime groups is 1. The summed E-state index contributed by atoms with van der Waals surface area (Å²) < 4.78 is 41.1. The van der Waals surface area contributed by atoms with E-state index in [-0.39, 0.29) is 16.4 Å². The Balaban J connectivity index is 2.32. The van der Waals surface area contributed by atoms with E-state index in [1.807, 2.05) is 13.0 Å². The van der Waals surface area contributed by atoms with E-state index in [9.17, 15) is 13.2 Å². The average Bonchev–Trinajstić information content (AvgIpc) is 2.58. The normalized spacial score (nSPS) is 18.3. The van der Waals surface area contributed by atoms with Gasteiger partial charge in [0.15, 0.2) is 0 Å². The van der Waals surface area contributed by atoms with Crippen molar-refractivity contribution in [3.63, 3.8) is 0 Å². The molecule has 0 saturated carbocycles. The van der Waals surface area contributed by atoms with Crippen molar-refractivity contribution in [2.45, 2.75) is 64.5 Å². The molecule has 0 atom stereocenters. The summed E-state index contributed by atoms with van der Waals surface area (Å²) in [5.41, 5.74) is 3.45. The minimum Gasteiger partial charge on any atom is -0.411 e. The highest BCUT2D eigenvalue weighted by atomic mass is 19.4. The van der Waals surface area contributed by atoms with E-state index in [4.69, 9.17) is 5.21 Å². The van der Waals surface area contributed by atoms with Gasteiger partial charge in [-0.1, -0.05) is 51.0 Å². The van der Waals surface area contributed by atoms with E-state index in [1.165, 1.54) is 17.7 Å². The van der Waals surface area contributed by atoms with Crippen molar-refractivity contribution in [3.05, 3.63) is 58.1 Å². The molecular formula is C23H26F3NO. The summed E-state index contributed by atoms with van der Waals surface area (Å²) in [7, 11) is 0. The van der Waals surface area contributed by atoms with E-state index < -0.39 is 11.7 Å². The molecule has 0 bridgehead atoms. The minimum atomic E-state index is -4.47. The van der Waals surface area contributed by atoms with Gasteiger partial charge in [-0.2, -0.15) is 13.2 Å². The monoisotopic (exact) mass is 389 g/mol. The summed E-state index contributed by atoms with van der Waals surface area (Å²) >= 11 is 0. The SMILES string of the molecule is Cc1cc2c(cc1-c1cc(C=NO)ccc1C(F)(F)F)C(C)(C)CCC2(C)C. The Morgan fingerprint density at radius 2 is 1.50 bits per heavy atom. The lowest BCUT2D eigenvalue weighted by molar-refractivity contribution is -0.137. The number of halogens is 3. The van der Waals surface area contributed by atoms with Crippen molar-refractivity contribution < 1.29 is 18.4 Å². The van der Waals surface area contributed by atoms with Gasteiger partial charge < -0.3 is 5.21 Å². The van der Waals surface area contributed by atoms with Gasteiger partial charge in [-0.25, -0.2) is 0 Å². The van der Waals surface area contributed by atoms with Gasteiger partial charge in [-0.05, 0) is 76.1 Å². The molecule has 0 radical (unpaired) electrons. The third-order valence-electron chi connectivity index (χ3n) is 6.04. The molecule has 0 saturated heterocycles. The largest absolute Gasteiger partial charge is 0.417 e. The standard InChI is InChI=1S/C23H26F3NO/c1-14-10-19-20(22(4,5)9-8-21(19,2)3)12-16(14)17-11-15(13-27-28)6-7-18(17)23(24,25)26/h6-7,10-13,28H,8-9H2,1-5H3. The second-order valence-corrected chi connectivity index (χ2v) is 9.03. The highest BCUT2D eigenvalue weighted by Gasteiger charge is 2.39. The van der Waals surface area contributed by atoms with Crippen LogP contribution in [0.15, 0.2) is 35.5 Å². The fourth-order valence-corrected chi connectivity index (χ4v) is 4.19. The molecule has 0 aromatic heterocycles. The highest BCUT2D eigenvalue weighted by molar-refractivity contribution is 5.84. The minimum absolute atomic E-state index is 0.00754. The van der Waals surface area contributed by atoms with Gasteiger partial charge in [0, 0.05) is 0 Å². The molecule has 3 rings (SSSR count). The molecule has 2 nitrogen and oxygen atoms in total. The molecule has 0 heterocycles. The molecule has 5 heteroatoms. The van der Waals surface area contributed by atoms with Gasteiger partial charge in [-0.3, -0.25) is 0 Å². The van der Waals surface area contributed by atoms with Crippen LogP contribution >= 0.6 is 0 Å². The Hall–Kier alpha value is -2.30. The van der Waals surface area contributed by atoms with Crippen LogP contribution in [0, 0.1) is 6.92 Å². The van der Waals surface area contributed by atoms with Crippen molar-refractivity contribution >= 4 is 6.21 Å². The van der Waals surface area contributed by atoms with Crippen LogP contribution < -0.4 is 0 Å². The van der Waals surface area contributed by atoms with Gasteiger partial charge in [0.05, 0.1) is 11.8 Å². The van der Waals surface area contributed by atoms with E-state index in [2.05, 4.69) is 38.9 Å². The fourth-order valence-electron chi connectivity index (χ4n) is 4.19. The number of alkyl halides is 3. The van der Waals surface area contributed by atoms with Crippen LogP contribution in [0.3, 0.4) is 0 Å². The van der Waals surface area contributed by atoms with E-state index in [0.29, 0.717) is 11.1 Å². The molecule has 2 aromatic carbocycles. The van der Waals surface area contributed by atoms with Crippen LogP contribution in [0.1, 0.15) is 68.4 Å². The van der Waals surface area contributed by atoms with Gasteiger partial charge >= 0.3 is 6.18 Å². The Kier molecular flexibility index (Phi) is 4.85. The first-order chi connectivity index (χ1) is 12.9. The van der Waals surface area contributed by atoms with Crippen molar-refractivity contribution in [1.82, 2.24) is 0 Å². The second kappa shape index (κ2) is 6.64. The van der Waals surface area contributed by atoms with Crippen molar-refractivity contribution in [1.29, 1.82) is 0 Å². The topological polar surface area (TPSA) is 32.6 Å². The molecule has 0 aliphatic heterocycles. The maximum atomic E-state index is 13.7. The zero-order valence-corrected chi connectivity index (χ0v) is 16.9. The van der Waals surface area contributed by atoms with Gasteiger partial charge in [0.1, 0.15) is 0 Å². The summed E-state index contributed by atoms with van der Waals surface area (Å²) in [6.07, 6.45) is -1.30. The summed E-state index contributed by atoms with van der Waals surface area (Å²) in [5.74, 6) is 0. The maximum absolute atomic E-state index is 13.7. The predicted octanol–water partition coefficient (Wildman–Crippen LogP) is 6.84. The third-order valence-corrected chi connectivity index (χ3v) is 6.04. The summed E-state index contributed by atoms with van der Waals surface area (Å²) in [4.78, 5) is 0. The zero-order chi connectivity index (χ0) is 20.9. The average molecular weight is 389 g/mol. The van der Waals surface area contributed by atoms with Gasteiger partial charge in [0.2, 0.25) is 0 Å². The first kappa shape index (κ1) is 20.4. The van der Waals surface area contributed by atoms with E-state index in [1.54, 1.807) is 0 Å². The molecule has 0 amide bonds. The number of hydrogen-bond donors (Lipinski definition) is 1. The van der Waals surface area contributed by atoms with Gasteiger partial charge in [-0.15, -0.1) is 0 Å². The zero-order valence-electron chi connectivity index (χ0n) is 16.9. The van der Waals surface area contributed by atoms with Crippen molar-refractivity contribution in [2.75, 3.05) is 0 Å². The van der Waals surface area contributed by atoms with Crippen LogP contribution in [0.5, 0.6) is 0 Å². The smallest absolute Gasteiger partial charge is 0.411 e. The number of aryl methyl sites for hydroxylation is 1. The molecule has 0 fully saturated rings. The number of fused-ring (bicyclic) bond motifs is 1. The summed E-state index contributed by atoms with van der Waals surface area (Å²) in [5, 5.41) is 11.8. The van der Waals surface area contributed by atoms with Crippen LogP contribution in [0.4, 0.5) is 13.2 Å². The molecule has 2 aromatic rings. The lowest BCUT2D eigenvalue weighted by Gasteiger charge is -2.42. The van der Waals surface area contributed by atoms with Crippen LogP contribution in [-0.2, 0) is 17.0 Å². The Labute approximate surface area is 164 Å². The lowest BCUT2D eigenvalue weighted by atomic mass is 9.62. The molecule has 1 aliphatic carbocycles. The van der Waals surface area contributed by atoms with Gasteiger partial charge in [0.25, 0.3) is 0 Å².